The molecular formula is C16H24N6O2. The van der Waals surface area contributed by atoms with E-state index in [0.717, 1.165) is 23.0 Å². The molecule has 8 heteroatoms. The van der Waals surface area contributed by atoms with E-state index in [9.17, 15) is 10.2 Å². The number of hydrogen-bond acceptors (Lipinski definition) is 7. The van der Waals surface area contributed by atoms with Crippen LogP contribution in [0.25, 0.3) is 0 Å². The van der Waals surface area contributed by atoms with Crippen LogP contribution in [0.15, 0.2) is 28.4 Å². The normalized spacial score (nSPS) is 9.71. The standard InChI is InChI=1S/C12H16N4O2.C4H8N2/c1-8-13-14-12(16(8)3)15(2)7-9-4-5-10(17)11(18)6-9;1-4(2)6-5-3/h4-6,17-18H,7H2,1-3H3;3H2,1-2H3. The minimum atomic E-state index is -0.116. The Morgan fingerprint density at radius 3 is 2.33 bits per heavy atom. The van der Waals surface area contributed by atoms with E-state index in [0.29, 0.717) is 6.54 Å². The summed E-state index contributed by atoms with van der Waals surface area (Å²) in [4.78, 5) is 1.92. The molecule has 0 atom stereocenters. The number of aromatic nitrogens is 3. The van der Waals surface area contributed by atoms with E-state index in [1.54, 1.807) is 6.07 Å². The molecule has 2 rings (SSSR count). The van der Waals surface area contributed by atoms with E-state index < -0.39 is 0 Å². The summed E-state index contributed by atoms with van der Waals surface area (Å²) in [5.74, 6) is 1.36. The van der Waals surface area contributed by atoms with Crippen LogP contribution >= 0.6 is 0 Å². The van der Waals surface area contributed by atoms with E-state index in [2.05, 4.69) is 27.1 Å². The van der Waals surface area contributed by atoms with Crippen LogP contribution in [0.2, 0.25) is 0 Å². The molecule has 0 bridgehead atoms. The molecule has 0 fully saturated rings. The summed E-state index contributed by atoms with van der Waals surface area (Å²) in [6.45, 7) is 9.36. The SMILES string of the molecule is C=NN=C(C)C.Cc1nnc(N(C)Cc2ccc(O)c(O)c2)n1C. The third-order valence-electron chi connectivity index (χ3n) is 3.14. The maximum absolute atomic E-state index is 9.44. The minimum absolute atomic E-state index is 0.115. The van der Waals surface area contributed by atoms with Crippen molar-refractivity contribution in [2.75, 3.05) is 11.9 Å². The molecule has 0 spiro atoms. The molecule has 24 heavy (non-hydrogen) atoms. The molecule has 0 unspecified atom stereocenters. The third-order valence-corrected chi connectivity index (χ3v) is 3.14. The number of rotatable bonds is 4. The molecule has 1 aromatic carbocycles. The quantitative estimate of drug-likeness (QED) is 0.508. The Balaban J connectivity index is 0.000000413. The third kappa shape index (κ3) is 5.38. The monoisotopic (exact) mass is 332 g/mol. The van der Waals surface area contributed by atoms with Crippen LogP contribution in [0.1, 0.15) is 25.2 Å². The van der Waals surface area contributed by atoms with Gasteiger partial charge >= 0.3 is 0 Å². The second-order valence-electron chi connectivity index (χ2n) is 5.47. The van der Waals surface area contributed by atoms with Crippen molar-refractivity contribution in [3.05, 3.63) is 29.6 Å². The largest absolute Gasteiger partial charge is 0.504 e. The molecule has 1 aromatic heterocycles. The van der Waals surface area contributed by atoms with Gasteiger partial charge in [-0.15, -0.1) is 10.2 Å². The van der Waals surface area contributed by atoms with Gasteiger partial charge < -0.3 is 19.7 Å². The Morgan fingerprint density at radius 1 is 1.25 bits per heavy atom. The smallest absolute Gasteiger partial charge is 0.227 e. The summed E-state index contributed by atoms with van der Waals surface area (Å²) < 4.78 is 1.89. The van der Waals surface area contributed by atoms with Crippen LogP contribution in [-0.2, 0) is 13.6 Å². The van der Waals surface area contributed by atoms with Crippen molar-refractivity contribution in [1.29, 1.82) is 0 Å². The molecule has 130 valence electrons. The fourth-order valence-corrected chi connectivity index (χ4v) is 1.88. The van der Waals surface area contributed by atoms with Gasteiger partial charge in [0.05, 0.1) is 0 Å². The predicted molar refractivity (Wildman–Crippen MR) is 96.0 cm³/mol. The summed E-state index contributed by atoms with van der Waals surface area (Å²) in [6, 6.07) is 4.77. The molecule has 0 aliphatic heterocycles. The van der Waals surface area contributed by atoms with Gasteiger partial charge in [0.15, 0.2) is 11.5 Å². The molecule has 1 heterocycles. The predicted octanol–water partition coefficient (Wildman–Crippen LogP) is 2.25. The van der Waals surface area contributed by atoms with E-state index in [1.807, 2.05) is 44.3 Å². The average molecular weight is 332 g/mol. The number of anilines is 1. The lowest BCUT2D eigenvalue weighted by molar-refractivity contribution is 0.403. The second kappa shape index (κ2) is 8.66. The van der Waals surface area contributed by atoms with E-state index in [4.69, 9.17) is 0 Å². The van der Waals surface area contributed by atoms with E-state index in [-0.39, 0.29) is 11.5 Å². The zero-order valence-corrected chi connectivity index (χ0v) is 14.7. The lowest BCUT2D eigenvalue weighted by Gasteiger charge is -2.17. The topological polar surface area (TPSA) is 99.1 Å². The van der Waals surface area contributed by atoms with Gasteiger partial charge in [0, 0.05) is 33.1 Å². The highest BCUT2D eigenvalue weighted by atomic mass is 16.3. The number of phenols is 2. The van der Waals surface area contributed by atoms with E-state index in [1.165, 1.54) is 12.1 Å². The fourth-order valence-electron chi connectivity index (χ4n) is 1.88. The van der Waals surface area contributed by atoms with Crippen LogP contribution in [0.3, 0.4) is 0 Å². The molecule has 0 aliphatic rings. The maximum Gasteiger partial charge on any atom is 0.227 e. The molecule has 2 aromatic rings. The highest BCUT2D eigenvalue weighted by molar-refractivity contribution is 5.78. The number of phenolic OH excluding ortho intramolecular Hbond substituents is 2. The maximum atomic E-state index is 9.44. The first kappa shape index (κ1) is 19.1. The molecule has 0 saturated heterocycles. The lowest BCUT2D eigenvalue weighted by atomic mass is 10.2. The summed E-state index contributed by atoms with van der Waals surface area (Å²) >= 11 is 0. The number of aryl methyl sites for hydroxylation is 1. The van der Waals surface area contributed by atoms with Crippen molar-refractivity contribution in [2.45, 2.75) is 27.3 Å². The van der Waals surface area contributed by atoms with Gasteiger partial charge in [0.1, 0.15) is 5.82 Å². The zero-order valence-electron chi connectivity index (χ0n) is 14.7. The number of nitrogens with zero attached hydrogens (tertiary/aromatic N) is 6. The Bertz CT molecular complexity index is 719. The average Bonchev–Trinajstić information content (AvgIpc) is 2.83. The van der Waals surface area contributed by atoms with Crippen molar-refractivity contribution in [3.63, 3.8) is 0 Å². The van der Waals surface area contributed by atoms with Crippen LogP contribution < -0.4 is 4.90 Å². The highest BCUT2D eigenvalue weighted by Crippen LogP contribution is 2.25. The zero-order chi connectivity index (χ0) is 18.3. The Kier molecular flexibility index (Phi) is 6.91. The van der Waals surface area contributed by atoms with Gasteiger partial charge in [-0.1, -0.05) is 6.07 Å². The molecular weight excluding hydrogens is 308 g/mol. The molecule has 0 aliphatic carbocycles. The summed E-state index contributed by atoms with van der Waals surface area (Å²) in [6.07, 6.45) is 0. The summed E-state index contributed by atoms with van der Waals surface area (Å²) in [5.41, 5.74) is 1.82. The van der Waals surface area contributed by atoms with Crippen LogP contribution in [0.5, 0.6) is 11.5 Å². The Morgan fingerprint density at radius 2 is 1.92 bits per heavy atom. The van der Waals surface area contributed by atoms with Gasteiger partial charge in [-0.3, -0.25) is 0 Å². The first-order valence-corrected chi connectivity index (χ1v) is 7.31. The Labute approximate surface area is 141 Å². The van der Waals surface area contributed by atoms with Crippen LogP contribution in [0.4, 0.5) is 5.95 Å². The number of aromatic hydroxyl groups is 2. The van der Waals surface area contributed by atoms with Gasteiger partial charge in [-0.25, -0.2) is 0 Å². The van der Waals surface area contributed by atoms with Gasteiger partial charge in [0.25, 0.3) is 0 Å². The number of benzene rings is 1. The van der Waals surface area contributed by atoms with Crippen LogP contribution in [-0.4, -0.2) is 44.5 Å². The fraction of sp³-hybridized carbons (Fsp3) is 0.375. The van der Waals surface area contributed by atoms with Gasteiger partial charge in [-0.05, 0) is 38.5 Å². The van der Waals surface area contributed by atoms with Crippen molar-refractivity contribution in [1.82, 2.24) is 14.8 Å². The summed E-state index contributed by atoms with van der Waals surface area (Å²) in [5, 5.41) is 33.6. The second-order valence-corrected chi connectivity index (χ2v) is 5.47. The molecule has 2 N–H and O–H groups in total. The first-order chi connectivity index (χ1) is 11.3. The van der Waals surface area contributed by atoms with Crippen LogP contribution in [0, 0.1) is 6.92 Å². The van der Waals surface area contributed by atoms with E-state index >= 15 is 0 Å². The highest BCUT2D eigenvalue weighted by Gasteiger charge is 2.11. The molecule has 0 radical (unpaired) electrons. The van der Waals surface area contributed by atoms with Crippen molar-refractivity contribution < 1.29 is 10.2 Å². The van der Waals surface area contributed by atoms with Gasteiger partial charge in [0.2, 0.25) is 5.95 Å². The van der Waals surface area contributed by atoms with Crippen molar-refractivity contribution >= 4 is 18.4 Å². The Hall–Kier alpha value is -2.90. The molecule has 0 saturated carbocycles. The lowest BCUT2D eigenvalue weighted by Crippen LogP contribution is -2.20. The number of hydrogen-bond donors (Lipinski definition) is 2. The first-order valence-electron chi connectivity index (χ1n) is 7.31. The van der Waals surface area contributed by atoms with Crippen molar-refractivity contribution in [2.24, 2.45) is 17.3 Å². The van der Waals surface area contributed by atoms with Crippen molar-refractivity contribution in [3.8, 4) is 11.5 Å². The summed E-state index contributed by atoms with van der Waals surface area (Å²) in [7, 11) is 3.79. The molecule has 0 amide bonds. The van der Waals surface area contributed by atoms with Gasteiger partial charge in [-0.2, -0.15) is 10.2 Å². The minimum Gasteiger partial charge on any atom is -0.504 e. The molecule has 8 nitrogen and oxygen atoms in total.